The quantitative estimate of drug-likeness (QED) is 0.345. The molecule has 0 amide bonds. The highest BCUT2D eigenvalue weighted by Crippen LogP contribution is 2.31. The van der Waals surface area contributed by atoms with E-state index < -0.39 is 4.92 Å². The Balaban J connectivity index is 1.81. The Kier molecular flexibility index (Phi) is 4.33. The minimum Gasteiger partial charge on any atom is -0.376 e. The van der Waals surface area contributed by atoms with Crippen LogP contribution in [0.5, 0.6) is 0 Å². The van der Waals surface area contributed by atoms with E-state index in [0.29, 0.717) is 17.4 Å². The van der Waals surface area contributed by atoms with Crippen molar-refractivity contribution in [2.75, 3.05) is 18.5 Å². The van der Waals surface area contributed by atoms with Crippen molar-refractivity contribution in [1.82, 2.24) is 10.3 Å². The molecule has 0 radical (unpaired) electrons. The zero-order chi connectivity index (χ0) is 16.2. The van der Waals surface area contributed by atoms with Crippen LogP contribution < -0.4 is 10.6 Å². The van der Waals surface area contributed by atoms with E-state index in [0.717, 1.165) is 19.4 Å². The molecule has 1 aromatic carbocycles. The molecule has 1 unspecified atom stereocenters. The second-order valence-electron chi connectivity index (χ2n) is 5.31. The average molecular weight is 315 g/mol. The maximum absolute atomic E-state index is 11.2. The van der Waals surface area contributed by atoms with Gasteiger partial charge in [0.1, 0.15) is 11.9 Å². The van der Waals surface area contributed by atoms with Crippen molar-refractivity contribution in [3.05, 3.63) is 40.6 Å². The normalized spacial score (nSPS) is 17.1. The van der Waals surface area contributed by atoms with Gasteiger partial charge in [0.2, 0.25) is 0 Å². The number of nitrogens with zero attached hydrogens (tertiary/aromatic N) is 2. The Labute approximate surface area is 132 Å². The van der Waals surface area contributed by atoms with Gasteiger partial charge in [0.05, 0.1) is 16.5 Å². The summed E-state index contributed by atoms with van der Waals surface area (Å²) in [5, 5.41) is 25.5. The number of hydrogen-bond donors (Lipinski definition) is 3. The van der Waals surface area contributed by atoms with Crippen LogP contribution in [-0.2, 0) is 4.74 Å². The summed E-state index contributed by atoms with van der Waals surface area (Å²) in [5.41, 5.74) is 0.741. The molecular weight excluding hydrogens is 298 g/mol. The van der Waals surface area contributed by atoms with Crippen LogP contribution in [0.25, 0.3) is 10.9 Å². The highest BCUT2D eigenvalue weighted by Gasteiger charge is 2.20. The second-order valence-corrected chi connectivity index (χ2v) is 5.31. The number of nitrogens with one attached hydrogen (secondary N) is 3. The third kappa shape index (κ3) is 3.37. The van der Waals surface area contributed by atoms with Gasteiger partial charge in [-0.05, 0) is 18.9 Å². The summed E-state index contributed by atoms with van der Waals surface area (Å²) in [5.74, 6) is -0.0000435. The largest absolute Gasteiger partial charge is 0.376 e. The number of fused-ring (bicyclic) bond motifs is 1. The number of ether oxygens (including phenoxy) is 1. The van der Waals surface area contributed by atoms with Crippen molar-refractivity contribution in [2.45, 2.75) is 18.9 Å². The molecule has 0 bridgehead atoms. The van der Waals surface area contributed by atoms with Crippen LogP contribution in [-0.4, -0.2) is 35.1 Å². The van der Waals surface area contributed by atoms with Crippen molar-refractivity contribution in [3.8, 4) is 0 Å². The number of benzene rings is 1. The number of anilines is 1. The standard InChI is InChI=1S/C15H17N5O3/c16-15(18-8-10-4-3-7-23-10)19-14-11-5-1-2-6-12(11)17-9-13(14)20(21)22/h1-2,5-6,9-10H,3-4,7-8H2,(H3,16,17,18,19). The fourth-order valence-corrected chi connectivity index (χ4v) is 2.59. The maximum atomic E-state index is 11.2. The van der Waals surface area contributed by atoms with Crippen molar-refractivity contribution >= 4 is 28.2 Å². The van der Waals surface area contributed by atoms with Gasteiger partial charge in [-0.2, -0.15) is 0 Å². The average Bonchev–Trinajstić information content (AvgIpc) is 3.06. The minimum atomic E-state index is -0.505. The monoisotopic (exact) mass is 315 g/mol. The SMILES string of the molecule is N=C(NCC1CCCO1)Nc1c([N+](=O)[O-])cnc2ccccc12. The van der Waals surface area contributed by atoms with Crippen LogP contribution in [0.2, 0.25) is 0 Å². The predicted molar refractivity (Wildman–Crippen MR) is 86.7 cm³/mol. The first-order valence-electron chi connectivity index (χ1n) is 7.38. The molecule has 0 spiro atoms. The van der Waals surface area contributed by atoms with Crippen LogP contribution in [0.15, 0.2) is 30.5 Å². The minimum absolute atomic E-state index is 0.0000435. The van der Waals surface area contributed by atoms with Crippen LogP contribution >= 0.6 is 0 Å². The topological polar surface area (TPSA) is 113 Å². The molecule has 8 heteroatoms. The van der Waals surface area contributed by atoms with E-state index in [1.807, 2.05) is 6.07 Å². The number of hydrogen-bond acceptors (Lipinski definition) is 5. The van der Waals surface area contributed by atoms with Gasteiger partial charge in [-0.1, -0.05) is 18.2 Å². The van der Waals surface area contributed by atoms with E-state index in [2.05, 4.69) is 15.6 Å². The lowest BCUT2D eigenvalue weighted by molar-refractivity contribution is -0.384. The number of pyridine rings is 1. The van der Waals surface area contributed by atoms with E-state index in [1.54, 1.807) is 18.2 Å². The summed E-state index contributed by atoms with van der Waals surface area (Å²) < 4.78 is 5.48. The third-order valence-corrected chi connectivity index (χ3v) is 3.73. The zero-order valence-corrected chi connectivity index (χ0v) is 12.4. The Morgan fingerprint density at radius 3 is 3.04 bits per heavy atom. The molecule has 1 saturated heterocycles. The number of aromatic nitrogens is 1. The maximum Gasteiger partial charge on any atom is 0.311 e. The summed E-state index contributed by atoms with van der Waals surface area (Å²) in [6, 6.07) is 7.10. The van der Waals surface area contributed by atoms with E-state index >= 15 is 0 Å². The lowest BCUT2D eigenvalue weighted by Gasteiger charge is -2.15. The summed E-state index contributed by atoms with van der Waals surface area (Å²) >= 11 is 0. The summed E-state index contributed by atoms with van der Waals surface area (Å²) in [7, 11) is 0. The summed E-state index contributed by atoms with van der Waals surface area (Å²) in [6.45, 7) is 1.25. The molecular formula is C15H17N5O3. The second kappa shape index (κ2) is 6.57. The first-order valence-corrected chi connectivity index (χ1v) is 7.38. The fourth-order valence-electron chi connectivity index (χ4n) is 2.59. The first kappa shape index (κ1) is 15.2. The zero-order valence-electron chi connectivity index (χ0n) is 12.4. The molecule has 0 aliphatic carbocycles. The molecule has 1 aromatic heterocycles. The van der Waals surface area contributed by atoms with Gasteiger partial charge in [-0.15, -0.1) is 0 Å². The van der Waals surface area contributed by atoms with E-state index in [1.165, 1.54) is 6.20 Å². The van der Waals surface area contributed by atoms with Gasteiger partial charge in [0.25, 0.3) is 0 Å². The number of para-hydroxylation sites is 1. The lowest BCUT2D eigenvalue weighted by atomic mass is 10.1. The molecule has 1 fully saturated rings. The van der Waals surface area contributed by atoms with Crippen LogP contribution in [0, 0.1) is 15.5 Å². The molecule has 1 aliphatic heterocycles. The molecule has 23 heavy (non-hydrogen) atoms. The fraction of sp³-hybridized carbons (Fsp3) is 0.333. The first-order chi connectivity index (χ1) is 11.1. The van der Waals surface area contributed by atoms with Crippen molar-refractivity contribution < 1.29 is 9.66 Å². The molecule has 1 atom stereocenters. The predicted octanol–water partition coefficient (Wildman–Crippen LogP) is 2.26. The van der Waals surface area contributed by atoms with Crippen LogP contribution in [0.4, 0.5) is 11.4 Å². The summed E-state index contributed by atoms with van der Waals surface area (Å²) in [6.07, 6.45) is 3.27. The molecule has 3 N–H and O–H groups in total. The highest BCUT2D eigenvalue weighted by molar-refractivity contribution is 6.04. The van der Waals surface area contributed by atoms with E-state index in [-0.39, 0.29) is 23.4 Å². The van der Waals surface area contributed by atoms with Gasteiger partial charge >= 0.3 is 5.69 Å². The van der Waals surface area contributed by atoms with Gasteiger partial charge in [-0.25, -0.2) is 4.98 Å². The number of guanidine groups is 1. The Morgan fingerprint density at radius 1 is 1.48 bits per heavy atom. The summed E-state index contributed by atoms with van der Waals surface area (Å²) in [4.78, 5) is 14.8. The van der Waals surface area contributed by atoms with Gasteiger partial charge in [-0.3, -0.25) is 15.5 Å². The van der Waals surface area contributed by atoms with Crippen molar-refractivity contribution in [1.29, 1.82) is 5.41 Å². The van der Waals surface area contributed by atoms with E-state index in [9.17, 15) is 10.1 Å². The molecule has 120 valence electrons. The van der Waals surface area contributed by atoms with Crippen molar-refractivity contribution in [3.63, 3.8) is 0 Å². The number of rotatable bonds is 4. The molecule has 0 saturated carbocycles. The molecule has 1 aliphatic rings. The van der Waals surface area contributed by atoms with Crippen molar-refractivity contribution in [2.24, 2.45) is 0 Å². The van der Waals surface area contributed by atoms with Gasteiger partial charge < -0.3 is 15.4 Å². The highest BCUT2D eigenvalue weighted by atomic mass is 16.6. The van der Waals surface area contributed by atoms with Gasteiger partial charge in [0, 0.05) is 18.5 Å². The van der Waals surface area contributed by atoms with Crippen LogP contribution in [0.3, 0.4) is 0 Å². The Bertz CT molecular complexity index is 743. The molecule has 3 rings (SSSR count). The van der Waals surface area contributed by atoms with Gasteiger partial charge in [0.15, 0.2) is 5.96 Å². The lowest BCUT2D eigenvalue weighted by Crippen LogP contribution is -2.35. The Hall–Kier alpha value is -2.74. The number of nitro groups is 1. The van der Waals surface area contributed by atoms with Crippen LogP contribution in [0.1, 0.15) is 12.8 Å². The molecule has 2 heterocycles. The molecule has 8 nitrogen and oxygen atoms in total. The third-order valence-electron chi connectivity index (χ3n) is 3.73. The Morgan fingerprint density at radius 2 is 2.30 bits per heavy atom. The molecule has 2 aromatic rings. The smallest absolute Gasteiger partial charge is 0.311 e. The van der Waals surface area contributed by atoms with E-state index in [4.69, 9.17) is 10.1 Å².